The van der Waals surface area contributed by atoms with Gasteiger partial charge in [-0.1, -0.05) is 24.3 Å². The van der Waals surface area contributed by atoms with Gasteiger partial charge in [0.05, 0.1) is 17.1 Å². The second kappa shape index (κ2) is 8.58. The van der Waals surface area contributed by atoms with Gasteiger partial charge in [0.1, 0.15) is 17.0 Å². The van der Waals surface area contributed by atoms with E-state index in [2.05, 4.69) is 9.97 Å². The van der Waals surface area contributed by atoms with E-state index in [9.17, 15) is 19.8 Å². The summed E-state index contributed by atoms with van der Waals surface area (Å²) in [5.41, 5.74) is 4.08. The highest BCUT2D eigenvalue weighted by atomic mass is 32.1. The van der Waals surface area contributed by atoms with Gasteiger partial charge in [0.2, 0.25) is 0 Å². The number of benzene rings is 2. The lowest BCUT2D eigenvalue weighted by Crippen LogP contribution is -2.33. The van der Waals surface area contributed by atoms with Gasteiger partial charge in [-0.05, 0) is 37.6 Å². The maximum Gasteiger partial charge on any atom is 0.329 e. The van der Waals surface area contributed by atoms with Crippen LogP contribution in [0.1, 0.15) is 35.2 Å². The second-order valence-corrected chi connectivity index (χ2v) is 9.36. The highest BCUT2D eigenvalue weighted by Crippen LogP contribution is 2.31. The first-order valence-corrected chi connectivity index (χ1v) is 11.8. The lowest BCUT2D eigenvalue weighted by Gasteiger charge is -2.18. The van der Waals surface area contributed by atoms with Crippen molar-refractivity contribution in [1.29, 1.82) is 0 Å². The first kappa shape index (κ1) is 22.1. The highest BCUT2D eigenvalue weighted by Gasteiger charge is 2.32. The molecular weight excluding hydrogens is 452 g/mol. The van der Waals surface area contributed by atoms with Crippen molar-refractivity contribution in [2.75, 3.05) is 0 Å². The number of aliphatic carboxylic acids is 1. The third kappa shape index (κ3) is 3.53. The number of aliphatic hydroxyl groups is 1. The molecule has 174 valence electrons. The fourth-order valence-electron chi connectivity index (χ4n) is 4.71. The standard InChI is InChI=1S/C25H24N4O4S/c1-14-6-5-7-18-21(14)16(12-27-18)15(2)29-20-9-4-3-8-19(20)28(25(29)33)13-17(24(31)32)22(30)23-26-10-11-34-23/h3-12,15,17,22,27,30H,13H2,1-2H3,(H,31,32). The van der Waals surface area contributed by atoms with Crippen molar-refractivity contribution in [3.05, 3.63) is 86.9 Å². The number of carbonyl (C=O) groups is 1. The predicted molar refractivity (Wildman–Crippen MR) is 131 cm³/mol. The minimum atomic E-state index is -1.32. The molecule has 0 spiro atoms. The Morgan fingerprint density at radius 2 is 1.94 bits per heavy atom. The summed E-state index contributed by atoms with van der Waals surface area (Å²) < 4.78 is 3.14. The van der Waals surface area contributed by atoms with Crippen LogP contribution < -0.4 is 5.69 Å². The van der Waals surface area contributed by atoms with Gasteiger partial charge in [0.25, 0.3) is 0 Å². The fourth-order valence-corrected chi connectivity index (χ4v) is 5.40. The molecule has 2 aromatic carbocycles. The molecule has 3 atom stereocenters. The number of para-hydroxylation sites is 2. The Balaban J connectivity index is 1.63. The lowest BCUT2D eigenvalue weighted by molar-refractivity contribution is -0.146. The predicted octanol–water partition coefficient (Wildman–Crippen LogP) is 4.09. The minimum absolute atomic E-state index is 0.179. The third-order valence-electron chi connectivity index (χ3n) is 6.43. The Hall–Kier alpha value is -3.69. The summed E-state index contributed by atoms with van der Waals surface area (Å²) in [7, 11) is 0. The molecule has 34 heavy (non-hydrogen) atoms. The van der Waals surface area contributed by atoms with Crippen molar-refractivity contribution in [3.8, 4) is 0 Å². The SMILES string of the molecule is Cc1cccc2[nH]cc(C(C)n3c(=O)n(CC(C(=O)O)C(O)c4nccs4)c4ccccc43)c12. The maximum atomic E-state index is 13.7. The van der Waals surface area contributed by atoms with Gasteiger partial charge in [-0.25, -0.2) is 9.78 Å². The van der Waals surface area contributed by atoms with Gasteiger partial charge < -0.3 is 15.2 Å². The van der Waals surface area contributed by atoms with E-state index in [1.165, 1.54) is 22.1 Å². The van der Waals surface area contributed by atoms with E-state index < -0.39 is 18.0 Å². The molecule has 3 heterocycles. The van der Waals surface area contributed by atoms with E-state index in [0.717, 1.165) is 22.0 Å². The molecule has 0 fully saturated rings. The van der Waals surface area contributed by atoms with Crippen molar-refractivity contribution in [3.63, 3.8) is 0 Å². The molecule has 3 aromatic heterocycles. The average Bonchev–Trinajstić information content (AvgIpc) is 3.55. The molecule has 0 saturated carbocycles. The van der Waals surface area contributed by atoms with Crippen LogP contribution in [0.3, 0.4) is 0 Å². The number of hydrogen-bond acceptors (Lipinski definition) is 5. The number of H-pyrrole nitrogens is 1. The molecule has 3 N–H and O–H groups in total. The number of carboxylic acids is 1. The van der Waals surface area contributed by atoms with Crippen LogP contribution in [0.2, 0.25) is 0 Å². The molecule has 8 nitrogen and oxygen atoms in total. The molecule has 9 heteroatoms. The average molecular weight is 477 g/mol. The van der Waals surface area contributed by atoms with Crippen molar-refractivity contribution >= 4 is 39.2 Å². The third-order valence-corrected chi connectivity index (χ3v) is 7.28. The van der Waals surface area contributed by atoms with E-state index in [0.29, 0.717) is 16.0 Å². The van der Waals surface area contributed by atoms with Crippen LogP contribution in [0, 0.1) is 12.8 Å². The number of aliphatic hydroxyl groups excluding tert-OH is 1. The number of aromatic nitrogens is 4. The monoisotopic (exact) mass is 476 g/mol. The molecule has 5 aromatic rings. The Morgan fingerprint density at radius 1 is 1.18 bits per heavy atom. The number of nitrogens with one attached hydrogen (secondary N) is 1. The molecule has 0 aliphatic rings. The van der Waals surface area contributed by atoms with Crippen molar-refractivity contribution in [2.24, 2.45) is 5.92 Å². The minimum Gasteiger partial charge on any atom is -0.481 e. The normalized spacial score (nSPS) is 14.4. The Bertz CT molecular complexity index is 1550. The number of aromatic amines is 1. The first-order chi connectivity index (χ1) is 16.4. The summed E-state index contributed by atoms with van der Waals surface area (Å²) in [5, 5.41) is 23.7. The number of fused-ring (bicyclic) bond motifs is 2. The number of hydrogen-bond donors (Lipinski definition) is 3. The molecule has 0 aliphatic carbocycles. The van der Waals surface area contributed by atoms with E-state index >= 15 is 0 Å². The van der Waals surface area contributed by atoms with E-state index in [1.807, 2.05) is 56.4 Å². The van der Waals surface area contributed by atoms with Crippen LogP contribution >= 0.6 is 11.3 Å². The lowest BCUT2D eigenvalue weighted by atomic mass is 10.0. The fraction of sp³-hybridized carbons (Fsp3) is 0.240. The van der Waals surface area contributed by atoms with Crippen molar-refractivity contribution in [2.45, 2.75) is 32.5 Å². The zero-order chi connectivity index (χ0) is 24.0. The molecule has 0 bridgehead atoms. The Morgan fingerprint density at radius 3 is 2.65 bits per heavy atom. The smallest absolute Gasteiger partial charge is 0.329 e. The second-order valence-electron chi connectivity index (χ2n) is 8.43. The zero-order valence-electron chi connectivity index (χ0n) is 18.7. The number of carboxylic acid groups (broad SMARTS) is 1. The molecule has 0 aliphatic heterocycles. The topological polar surface area (TPSA) is 113 Å². The van der Waals surface area contributed by atoms with Gasteiger partial charge in [0, 0.05) is 40.8 Å². The molecule has 3 unspecified atom stereocenters. The molecular formula is C25H24N4O4S. The van der Waals surface area contributed by atoms with Gasteiger partial charge in [-0.15, -0.1) is 11.3 Å². The van der Waals surface area contributed by atoms with Gasteiger partial charge >= 0.3 is 11.7 Å². The summed E-state index contributed by atoms with van der Waals surface area (Å²) in [4.78, 5) is 33.2. The summed E-state index contributed by atoms with van der Waals surface area (Å²) in [6.45, 7) is 3.82. The van der Waals surface area contributed by atoms with E-state index in [1.54, 1.807) is 16.0 Å². The van der Waals surface area contributed by atoms with Crippen LogP contribution in [0.25, 0.3) is 21.9 Å². The van der Waals surface area contributed by atoms with Crippen LogP contribution in [0.15, 0.2) is 65.0 Å². The summed E-state index contributed by atoms with van der Waals surface area (Å²) in [5.74, 6) is -2.42. The molecule has 0 amide bonds. The number of aryl methyl sites for hydroxylation is 1. The van der Waals surface area contributed by atoms with Gasteiger partial charge in [-0.2, -0.15) is 0 Å². The summed E-state index contributed by atoms with van der Waals surface area (Å²) >= 11 is 1.19. The summed E-state index contributed by atoms with van der Waals surface area (Å²) in [6, 6.07) is 13.1. The van der Waals surface area contributed by atoms with E-state index in [4.69, 9.17) is 0 Å². The van der Waals surface area contributed by atoms with Crippen molar-refractivity contribution in [1.82, 2.24) is 19.1 Å². The number of imidazole rings is 1. The van der Waals surface area contributed by atoms with Crippen LogP contribution in [-0.4, -0.2) is 35.3 Å². The molecule has 0 saturated heterocycles. The van der Waals surface area contributed by atoms with Crippen LogP contribution in [-0.2, 0) is 11.3 Å². The summed E-state index contributed by atoms with van der Waals surface area (Å²) in [6.07, 6.45) is 2.12. The largest absolute Gasteiger partial charge is 0.481 e. The molecule has 0 radical (unpaired) electrons. The number of rotatable bonds is 7. The zero-order valence-corrected chi connectivity index (χ0v) is 19.5. The molecule has 5 rings (SSSR count). The Labute approximate surface area is 198 Å². The van der Waals surface area contributed by atoms with E-state index in [-0.39, 0.29) is 18.3 Å². The van der Waals surface area contributed by atoms with Gasteiger partial charge in [-0.3, -0.25) is 13.9 Å². The Kier molecular flexibility index (Phi) is 5.59. The van der Waals surface area contributed by atoms with Crippen molar-refractivity contribution < 1.29 is 15.0 Å². The maximum absolute atomic E-state index is 13.7. The van der Waals surface area contributed by atoms with Gasteiger partial charge in [0.15, 0.2) is 0 Å². The number of thiazole rings is 1. The number of nitrogens with zero attached hydrogens (tertiary/aromatic N) is 3. The van der Waals surface area contributed by atoms with Crippen LogP contribution in [0.5, 0.6) is 0 Å². The highest BCUT2D eigenvalue weighted by molar-refractivity contribution is 7.09. The van der Waals surface area contributed by atoms with Crippen LogP contribution in [0.4, 0.5) is 0 Å². The first-order valence-electron chi connectivity index (χ1n) is 10.9. The quantitative estimate of drug-likeness (QED) is 0.327.